The van der Waals surface area contributed by atoms with E-state index in [4.69, 9.17) is 0 Å². The monoisotopic (exact) mass is 434 g/mol. The summed E-state index contributed by atoms with van der Waals surface area (Å²) in [5, 5.41) is 14.6. The van der Waals surface area contributed by atoms with Gasteiger partial charge in [0, 0.05) is 59.1 Å². The summed E-state index contributed by atoms with van der Waals surface area (Å²) in [4.78, 5) is 19.2. The molecule has 11 heteroatoms. The normalized spacial score (nSPS) is 15.7. The van der Waals surface area contributed by atoms with E-state index in [1.165, 1.54) is 16.4 Å². The van der Waals surface area contributed by atoms with E-state index in [1.807, 2.05) is 43.1 Å². The van der Waals surface area contributed by atoms with Gasteiger partial charge >= 0.3 is 0 Å². The minimum Gasteiger partial charge on any atom is -0.375 e. The zero-order chi connectivity index (χ0) is 21.9. The van der Waals surface area contributed by atoms with Crippen molar-refractivity contribution in [3.05, 3.63) is 52.2 Å². The average Bonchev–Trinajstić information content (AvgIpc) is 2.72. The molecule has 0 spiro atoms. The fraction of sp³-hybridized carbons (Fsp3) is 0.421. The number of nitrogens with zero attached hydrogens (tertiary/aromatic N) is 5. The number of likely N-dealkylation sites (N-methyl/N-ethyl adjacent to an activating group) is 1. The Labute approximate surface area is 176 Å². The Hall–Kier alpha value is -2.76. The van der Waals surface area contributed by atoms with E-state index >= 15 is 0 Å². The Balaban J connectivity index is 1.79. The summed E-state index contributed by atoms with van der Waals surface area (Å²) in [6.07, 6.45) is 1.69. The van der Waals surface area contributed by atoms with Crippen LogP contribution in [-0.2, 0) is 16.6 Å². The second-order valence-electron chi connectivity index (χ2n) is 7.42. The lowest BCUT2D eigenvalue weighted by Crippen LogP contribution is -2.47. The second-order valence-corrected chi connectivity index (χ2v) is 9.35. The lowest BCUT2D eigenvalue weighted by Gasteiger charge is -2.31. The van der Waals surface area contributed by atoms with Gasteiger partial charge in [-0.05, 0) is 30.8 Å². The molecular formula is C19H26N6O4S. The van der Waals surface area contributed by atoms with Gasteiger partial charge in [-0.25, -0.2) is 13.4 Å². The SMILES string of the molecule is CN1CCN(S(=O)(=O)c2ccc(NCc3ccc(N(C)C)nc3)c([N+](=O)[O-])c2)CC1. The summed E-state index contributed by atoms with van der Waals surface area (Å²) < 4.78 is 27.2. The van der Waals surface area contributed by atoms with Gasteiger partial charge in [0.2, 0.25) is 10.0 Å². The number of anilines is 2. The van der Waals surface area contributed by atoms with Crippen molar-refractivity contribution in [1.29, 1.82) is 0 Å². The zero-order valence-electron chi connectivity index (χ0n) is 17.3. The number of sulfonamides is 1. The fourth-order valence-corrected chi connectivity index (χ4v) is 4.58. The minimum atomic E-state index is -3.78. The number of nitrogens with one attached hydrogen (secondary N) is 1. The molecule has 2 aromatic rings. The van der Waals surface area contributed by atoms with Crippen LogP contribution in [0, 0.1) is 10.1 Å². The highest BCUT2D eigenvalue weighted by Gasteiger charge is 2.29. The summed E-state index contributed by atoms with van der Waals surface area (Å²) in [5.74, 6) is 0.809. The molecule has 162 valence electrons. The molecular weight excluding hydrogens is 408 g/mol. The highest BCUT2D eigenvalue weighted by atomic mass is 32.2. The van der Waals surface area contributed by atoms with Crippen molar-refractivity contribution in [2.24, 2.45) is 0 Å². The fourth-order valence-electron chi connectivity index (χ4n) is 3.13. The van der Waals surface area contributed by atoms with Gasteiger partial charge in [0.15, 0.2) is 0 Å². The molecule has 0 amide bonds. The number of hydrogen-bond donors (Lipinski definition) is 1. The summed E-state index contributed by atoms with van der Waals surface area (Å²) >= 11 is 0. The molecule has 10 nitrogen and oxygen atoms in total. The standard InChI is InChI=1S/C19H26N6O4S/c1-22(2)19-7-4-15(14-21-19)13-20-17-6-5-16(12-18(17)25(26)27)30(28,29)24-10-8-23(3)9-11-24/h4-7,12,14,20H,8-11,13H2,1-3H3. The van der Waals surface area contributed by atoms with Crippen LogP contribution in [0.2, 0.25) is 0 Å². The molecule has 0 unspecified atom stereocenters. The topological polar surface area (TPSA) is 112 Å². The van der Waals surface area contributed by atoms with Crippen LogP contribution < -0.4 is 10.2 Å². The summed E-state index contributed by atoms with van der Waals surface area (Å²) in [6, 6.07) is 7.73. The van der Waals surface area contributed by atoms with Crippen LogP contribution in [0.25, 0.3) is 0 Å². The number of nitro groups is 1. The van der Waals surface area contributed by atoms with Crippen molar-refractivity contribution < 1.29 is 13.3 Å². The van der Waals surface area contributed by atoms with Crippen molar-refractivity contribution in [3.63, 3.8) is 0 Å². The number of benzene rings is 1. The Morgan fingerprint density at radius 2 is 1.87 bits per heavy atom. The van der Waals surface area contributed by atoms with E-state index in [0.29, 0.717) is 32.7 Å². The van der Waals surface area contributed by atoms with E-state index in [1.54, 1.807) is 6.20 Å². The number of aromatic nitrogens is 1. The molecule has 3 rings (SSSR count). The first-order chi connectivity index (χ1) is 14.2. The summed E-state index contributed by atoms with van der Waals surface area (Å²) in [7, 11) is 1.93. The maximum Gasteiger partial charge on any atom is 0.293 e. The molecule has 0 atom stereocenters. The highest BCUT2D eigenvalue weighted by Crippen LogP contribution is 2.29. The smallest absolute Gasteiger partial charge is 0.293 e. The first-order valence-corrected chi connectivity index (χ1v) is 11.0. The molecule has 1 aromatic heterocycles. The predicted molar refractivity (Wildman–Crippen MR) is 115 cm³/mol. The first-order valence-electron chi connectivity index (χ1n) is 9.52. The van der Waals surface area contributed by atoms with Crippen LogP contribution in [0.4, 0.5) is 17.2 Å². The third-order valence-electron chi connectivity index (χ3n) is 5.02. The van der Waals surface area contributed by atoms with Crippen molar-refractivity contribution in [2.75, 3.05) is 57.5 Å². The Kier molecular flexibility index (Phi) is 6.54. The molecule has 1 aliphatic heterocycles. The van der Waals surface area contributed by atoms with Crippen LogP contribution >= 0.6 is 0 Å². The molecule has 1 aliphatic rings. The van der Waals surface area contributed by atoms with Gasteiger partial charge in [-0.3, -0.25) is 10.1 Å². The highest BCUT2D eigenvalue weighted by molar-refractivity contribution is 7.89. The van der Waals surface area contributed by atoms with Gasteiger partial charge in [0.25, 0.3) is 5.69 Å². The second kappa shape index (κ2) is 8.94. The number of pyridine rings is 1. The molecule has 0 aliphatic carbocycles. The summed E-state index contributed by atoms with van der Waals surface area (Å²) in [5.41, 5.74) is 0.834. The van der Waals surface area contributed by atoms with Crippen LogP contribution in [0.5, 0.6) is 0 Å². The van der Waals surface area contributed by atoms with E-state index in [0.717, 1.165) is 17.4 Å². The molecule has 1 N–H and O–H groups in total. The maximum absolute atomic E-state index is 12.9. The Bertz CT molecular complexity index is 1000. The number of rotatable bonds is 7. The lowest BCUT2D eigenvalue weighted by molar-refractivity contribution is -0.384. The zero-order valence-corrected chi connectivity index (χ0v) is 18.1. The largest absolute Gasteiger partial charge is 0.375 e. The molecule has 2 heterocycles. The van der Waals surface area contributed by atoms with Crippen molar-refractivity contribution in [3.8, 4) is 0 Å². The number of hydrogen-bond acceptors (Lipinski definition) is 8. The van der Waals surface area contributed by atoms with Gasteiger partial charge < -0.3 is 15.1 Å². The number of piperazine rings is 1. The quantitative estimate of drug-likeness (QED) is 0.517. The van der Waals surface area contributed by atoms with E-state index in [9.17, 15) is 18.5 Å². The molecule has 30 heavy (non-hydrogen) atoms. The minimum absolute atomic E-state index is 0.0682. The van der Waals surface area contributed by atoms with Gasteiger partial charge in [0.1, 0.15) is 11.5 Å². The van der Waals surface area contributed by atoms with Gasteiger partial charge in [-0.15, -0.1) is 0 Å². The van der Waals surface area contributed by atoms with Crippen molar-refractivity contribution in [1.82, 2.24) is 14.2 Å². The molecule has 0 radical (unpaired) electrons. The van der Waals surface area contributed by atoms with Crippen LogP contribution in [0.3, 0.4) is 0 Å². The van der Waals surface area contributed by atoms with Crippen molar-refractivity contribution >= 4 is 27.2 Å². The third-order valence-corrected chi connectivity index (χ3v) is 6.91. The Morgan fingerprint density at radius 1 is 1.17 bits per heavy atom. The van der Waals surface area contributed by atoms with Crippen LogP contribution in [0.15, 0.2) is 41.4 Å². The van der Waals surface area contributed by atoms with E-state index in [-0.39, 0.29) is 16.3 Å². The number of nitro benzene ring substituents is 1. The van der Waals surface area contributed by atoms with Gasteiger partial charge in [-0.1, -0.05) is 6.07 Å². The maximum atomic E-state index is 12.9. The molecule has 1 saturated heterocycles. The van der Waals surface area contributed by atoms with Crippen LogP contribution in [0.1, 0.15) is 5.56 Å². The van der Waals surface area contributed by atoms with Gasteiger partial charge in [0.05, 0.1) is 9.82 Å². The van der Waals surface area contributed by atoms with E-state index < -0.39 is 14.9 Å². The van der Waals surface area contributed by atoms with Gasteiger partial charge in [-0.2, -0.15) is 4.31 Å². The van der Waals surface area contributed by atoms with E-state index in [2.05, 4.69) is 10.3 Å². The first kappa shape index (κ1) is 21.9. The third kappa shape index (κ3) is 4.86. The predicted octanol–water partition coefficient (Wildman–Crippen LogP) is 1.60. The Morgan fingerprint density at radius 3 is 2.43 bits per heavy atom. The lowest BCUT2D eigenvalue weighted by atomic mass is 10.2. The molecule has 1 fully saturated rings. The average molecular weight is 435 g/mol. The molecule has 1 aromatic carbocycles. The summed E-state index contributed by atoms with van der Waals surface area (Å²) in [6.45, 7) is 2.31. The van der Waals surface area contributed by atoms with Crippen molar-refractivity contribution in [2.45, 2.75) is 11.4 Å². The molecule has 0 saturated carbocycles. The molecule has 0 bridgehead atoms. The van der Waals surface area contributed by atoms with Crippen LogP contribution in [-0.4, -0.2) is 74.9 Å².